The second-order valence-corrected chi connectivity index (χ2v) is 19.0. The minimum absolute atomic E-state index is 0.0867. The van der Waals surface area contributed by atoms with Crippen LogP contribution in [0.15, 0.2) is 0 Å². The smallest absolute Gasteiger partial charge is 0.310 e. The Balaban J connectivity index is 0.850. The van der Waals surface area contributed by atoms with Crippen LogP contribution in [0, 0.1) is 51.0 Å². The van der Waals surface area contributed by atoms with Crippen LogP contribution in [-0.4, -0.2) is 92.9 Å². The molecule has 6 fully saturated rings. The van der Waals surface area contributed by atoms with Crippen molar-refractivity contribution in [3.05, 3.63) is 10.1 Å². The maximum Gasteiger partial charge on any atom is 0.310 e. The van der Waals surface area contributed by atoms with Gasteiger partial charge in [0.15, 0.2) is 0 Å². The monoisotopic (exact) mass is 805 g/mol. The number of aliphatic hydroxyl groups is 1. The van der Waals surface area contributed by atoms with Crippen molar-refractivity contribution in [2.75, 3.05) is 0 Å². The zero-order chi connectivity index (χ0) is 40.9. The number of carboxylic acids is 2. The fraction of sp³-hybridized carbons (Fsp3) is 0.907. The molecular weight excluding hydrogens is 738 g/mol. The summed E-state index contributed by atoms with van der Waals surface area (Å²) in [4.78, 5) is 60.3. The van der Waals surface area contributed by atoms with Crippen molar-refractivity contribution in [2.24, 2.45) is 40.9 Å². The number of carboxylic acid groups (broad SMARTS) is 2. The number of esters is 2. The predicted octanol–water partition coefficient (Wildman–Crippen LogP) is 6.88. The molecule has 0 spiro atoms. The molecule has 0 amide bonds. The summed E-state index contributed by atoms with van der Waals surface area (Å²) in [5.41, 5.74) is 0.230. The van der Waals surface area contributed by atoms with Crippen LogP contribution in [0.1, 0.15) is 155 Å². The average molecular weight is 806 g/mol. The highest BCUT2D eigenvalue weighted by Gasteiger charge is 2.46. The molecule has 6 rings (SSSR count). The van der Waals surface area contributed by atoms with Crippen LogP contribution in [0.3, 0.4) is 0 Å². The van der Waals surface area contributed by atoms with Gasteiger partial charge in [-0.3, -0.25) is 29.3 Å². The van der Waals surface area contributed by atoms with E-state index in [0.717, 1.165) is 89.9 Å². The Bertz CT molecular complexity index is 1390. The summed E-state index contributed by atoms with van der Waals surface area (Å²) in [5, 5.41) is 40.4. The fourth-order valence-electron chi connectivity index (χ4n) is 11.4. The van der Waals surface area contributed by atoms with Gasteiger partial charge in [-0.25, -0.2) is 0 Å². The Morgan fingerprint density at radius 1 is 0.509 bits per heavy atom. The highest BCUT2D eigenvalue weighted by Crippen LogP contribution is 2.49. The van der Waals surface area contributed by atoms with Gasteiger partial charge < -0.3 is 34.3 Å². The molecule has 0 aromatic heterocycles. The lowest BCUT2D eigenvalue weighted by Gasteiger charge is -2.47. The number of carbonyl (C=O) groups excluding carboxylic acids is 2. The molecule has 0 bridgehead atoms. The van der Waals surface area contributed by atoms with Crippen LogP contribution in [0.4, 0.5) is 0 Å². The molecule has 14 nitrogen and oxygen atoms in total. The molecule has 6 atom stereocenters. The largest absolute Gasteiger partial charge is 0.481 e. The molecule has 57 heavy (non-hydrogen) atoms. The van der Waals surface area contributed by atoms with Crippen molar-refractivity contribution in [1.29, 1.82) is 0 Å². The lowest BCUT2D eigenvalue weighted by molar-refractivity contribution is -0.528. The van der Waals surface area contributed by atoms with Crippen LogP contribution >= 0.6 is 0 Å². The number of hydrogen-bond acceptors (Lipinski definition) is 11. The molecule has 0 aromatic rings. The Morgan fingerprint density at radius 3 is 1.32 bits per heavy atom. The third-order valence-electron chi connectivity index (χ3n) is 15.2. The molecule has 6 unspecified atom stereocenters. The van der Waals surface area contributed by atoms with Crippen LogP contribution in [0.5, 0.6) is 0 Å². The summed E-state index contributed by atoms with van der Waals surface area (Å²) >= 11 is 0. The van der Waals surface area contributed by atoms with E-state index in [1.54, 1.807) is 0 Å². The Labute approximate surface area is 336 Å². The molecule has 0 heterocycles. The van der Waals surface area contributed by atoms with Crippen molar-refractivity contribution in [2.45, 2.75) is 204 Å². The number of nitro groups is 1. The highest BCUT2D eigenvalue weighted by atomic mass is 16.6. The van der Waals surface area contributed by atoms with Gasteiger partial charge in [0.05, 0.1) is 54.2 Å². The summed E-state index contributed by atoms with van der Waals surface area (Å²) in [6.45, 7) is 4.90. The normalized spacial score (nSPS) is 39.4. The van der Waals surface area contributed by atoms with E-state index >= 15 is 0 Å². The first-order valence-electron chi connectivity index (χ1n) is 22.2. The second-order valence-electron chi connectivity index (χ2n) is 19.0. The summed E-state index contributed by atoms with van der Waals surface area (Å²) in [6.07, 6.45) is 15.4. The number of rotatable bonds is 13. The van der Waals surface area contributed by atoms with Gasteiger partial charge in [-0.2, -0.15) is 0 Å². The van der Waals surface area contributed by atoms with E-state index in [1.807, 2.05) is 0 Å². The van der Waals surface area contributed by atoms with Crippen molar-refractivity contribution < 1.29 is 58.4 Å². The average Bonchev–Trinajstić information content (AvgIpc) is 3.19. The van der Waals surface area contributed by atoms with Crippen LogP contribution < -0.4 is 0 Å². The molecule has 0 aromatic carbocycles. The van der Waals surface area contributed by atoms with Gasteiger partial charge in [0.2, 0.25) is 6.04 Å². The van der Waals surface area contributed by atoms with Gasteiger partial charge in [0, 0.05) is 17.8 Å². The minimum atomic E-state index is -1.10. The minimum Gasteiger partial charge on any atom is -0.481 e. The molecule has 14 heteroatoms. The summed E-state index contributed by atoms with van der Waals surface area (Å²) in [5.74, 6) is -5.41. The van der Waals surface area contributed by atoms with E-state index in [4.69, 9.17) is 18.9 Å². The second kappa shape index (κ2) is 19.5. The van der Waals surface area contributed by atoms with E-state index in [-0.39, 0.29) is 67.7 Å². The van der Waals surface area contributed by atoms with Crippen molar-refractivity contribution in [1.82, 2.24) is 0 Å². The van der Waals surface area contributed by atoms with Gasteiger partial charge in [-0.05, 0) is 146 Å². The molecule has 0 aliphatic heterocycles. The Kier molecular flexibility index (Phi) is 14.9. The third kappa shape index (κ3) is 11.3. The molecule has 0 radical (unpaired) electrons. The lowest BCUT2D eigenvalue weighted by Crippen LogP contribution is -2.42. The number of ether oxygens (including phenoxy) is 4. The van der Waals surface area contributed by atoms with E-state index in [9.17, 15) is 44.6 Å². The summed E-state index contributed by atoms with van der Waals surface area (Å²) < 4.78 is 24.7. The molecule has 6 aliphatic carbocycles. The molecule has 6 aliphatic rings. The van der Waals surface area contributed by atoms with Crippen LogP contribution in [0.2, 0.25) is 0 Å². The van der Waals surface area contributed by atoms with Crippen LogP contribution in [-0.2, 0) is 38.1 Å². The van der Waals surface area contributed by atoms with Gasteiger partial charge in [0.1, 0.15) is 12.2 Å². The molecule has 6 saturated carbocycles. The molecule has 0 saturated heterocycles. The Morgan fingerprint density at radius 2 is 0.895 bits per heavy atom. The lowest BCUT2D eigenvalue weighted by atomic mass is 9.60. The predicted molar refractivity (Wildman–Crippen MR) is 205 cm³/mol. The zero-order valence-corrected chi connectivity index (χ0v) is 34.0. The van der Waals surface area contributed by atoms with Crippen molar-refractivity contribution >= 4 is 23.9 Å². The quantitative estimate of drug-likeness (QED) is 0.0986. The van der Waals surface area contributed by atoms with Gasteiger partial charge >= 0.3 is 23.9 Å². The van der Waals surface area contributed by atoms with Gasteiger partial charge in [-0.15, -0.1) is 0 Å². The Hall–Kier alpha value is -2.84. The number of hydrogen-bond donors (Lipinski definition) is 3. The van der Waals surface area contributed by atoms with E-state index < -0.39 is 64.6 Å². The molecule has 3 N–H and O–H groups in total. The summed E-state index contributed by atoms with van der Waals surface area (Å²) in [7, 11) is 0. The van der Waals surface area contributed by atoms with E-state index in [1.165, 1.54) is 0 Å². The standard InChI is InChI=1S/C43H67NO13/c1-43(2,25-3-9-29(10-4-25)54-31-13-17-33(18-14-31)56-41(50)36-22-8-28(45)24-37(36)40(48)49)26-5-11-30(12-6-26)55-32-15-19-34(20-16-32)57-42(51)38-23-27(44(52)53)7-21-35(38)39(46)47/h25-38,45H,3-24H2,1-2H3,(H,46,47)(H,48,49). The highest BCUT2D eigenvalue weighted by molar-refractivity contribution is 5.82. The van der Waals surface area contributed by atoms with Gasteiger partial charge in [0.25, 0.3) is 0 Å². The number of carbonyl (C=O) groups is 4. The molecule has 322 valence electrons. The van der Waals surface area contributed by atoms with Gasteiger partial charge in [-0.1, -0.05) is 13.8 Å². The fourth-order valence-corrected chi connectivity index (χ4v) is 11.4. The first-order valence-corrected chi connectivity index (χ1v) is 22.2. The maximum absolute atomic E-state index is 13.0. The SMILES string of the molecule is CC(C)(C1CCC(OC2CCC(OC(=O)C3CCC(O)CC3C(=O)O)CC2)CC1)C1CCC(OC2CCC(OC(=O)C3CC([N+](=O)[O-])CCC3C(=O)O)CC2)CC1. The maximum atomic E-state index is 13.0. The molecular formula is C43H67NO13. The topological polar surface area (TPSA) is 209 Å². The third-order valence-corrected chi connectivity index (χ3v) is 15.2. The van der Waals surface area contributed by atoms with E-state index in [2.05, 4.69) is 13.8 Å². The van der Waals surface area contributed by atoms with E-state index in [0.29, 0.717) is 37.5 Å². The zero-order valence-electron chi connectivity index (χ0n) is 34.0. The van der Waals surface area contributed by atoms with Crippen molar-refractivity contribution in [3.63, 3.8) is 0 Å². The first-order chi connectivity index (χ1) is 27.2. The first kappa shape index (κ1) is 43.7. The number of nitrogens with zero attached hydrogens (tertiary/aromatic N) is 1. The van der Waals surface area contributed by atoms with Crippen molar-refractivity contribution in [3.8, 4) is 0 Å². The summed E-state index contributed by atoms with van der Waals surface area (Å²) in [6, 6.07) is -0.910. The number of aliphatic hydroxyl groups excluding tert-OH is 1. The van der Waals surface area contributed by atoms with Crippen LogP contribution in [0.25, 0.3) is 0 Å². The number of aliphatic carboxylic acids is 2.